The number of hydrogen-bond acceptors (Lipinski definition) is 5. The molecule has 0 bridgehead atoms. The summed E-state index contributed by atoms with van der Waals surface area (Å²) in [4.78, 5) is 24.1. The van der Waals surface area contributed by atoms with Gasteiger partial charge in [-0.1, -0.05) is 0 Å². The van der Waals surface area contributed by atoms with Crippen molar-refractivity contribution in [3.05, 3.63) is 24.3 Å². The van der Waals surface area contributed by atoms with Crippen molar-refractivity contribution in [1.29, 1.82) is 0 Å². The number of hydrogen-bond donors (Lipinski definition) is 0. The quantitative estimate of drug-likeness (QED) is 0.784. The topological polar surface area (TPSA) is 58.6 Å². The molecular formula is C13H20N4O2. The van der Waals surface area contributed by atoms with E-state index in [4.69, 9.17) is 4.74 Å². The van der Waals surface area contributed by atoms with Crippen LogP contribution >= 0.6 is 0 Å². The van der Waals surface area contributed by atoms with E-state index in [1.165, 1.54) is 6.33 Å². The first-order chi connectivity index (χ1) is 9.18. The highest BCUT2D eigenvalue weighted by atomic mass is 16.5. The van der Waals surface area contributed by atoms with Crippen molar-refractivity contribution in [3.63, 3.8) is 0 Å². The lowest BCUT2D eigenvalue weighted by Gasteiger charge is -2.30. The normalized spacial score (nSPS) is 17.5. The van der Waals surface area contributed by atoms with Crippen LogP contribution in [0, 0.1) is 0 Å². The summed E-state index contributed by atoms with van der Waals surface area (Å²) in [6, 6.07) is 1.97. The molecule has 0 unspecified atom stereocenters. The minimum atomic E-state index is 0.0907. The molecule has 1 amide bonds. The van der Waals surface area contributed by atoms with Crippen LogP contribution in [0.1, 0.15) is 18.7 Å². The van der Waals surface area contributed by atoms with Gasteiger partial charge in [-0.3, -0.25) is 9.69 Å². The molecule has 0 aromatic carbocycles. The van der Waals surface area contributed by atoms with E-state index in [9.17, 15) is 4.79 Å². The van der Waals surface area contributed by atoms with E-state index in [-0.39, 0.29) is 11.9 Å². The van der Waals surface area contributed by atoms with E-state index in [1.807, 2.05) is 29.8 Å². The SMILES string of the molecule is C[C@@H](c1ccncn1)N(C)CC(=O)N1CCOCC1. The maximum Gasteiger partial charge on any atom is 0.236 e. The van der Waals surface area contributed by atoms with Gasteiger partial charge < -0.3 is 9.64 Å². The van der Waals surface area contributed by atoms with Crippen molar-refractivity contribution in [1.82, 2.24) is 19.8 Å². The Morgan fingerprint density at radius 1 is 1.53 bits per heavy atom. The number of carbonyl (C=O) groups is 1. The molecule has 1 aliphatic rings. The maximum atomic E-state index is 12.1. The lowest BCUT2D eigenvalue weighted by molar-refractivity contribution is -0.136. The summed E-state index contributed by atoms with van der Waals surface area (Å²) in [6.07, 6.45) is 3.25. The van der Waals surface area contributed by atoms with Gasteiger partial charge in [-0.05, 0) is 20.0 Å². The van der Waals surface area contributed by atoms with Crippen LogP contribution < -0.4 is 0 Å². The molecule has 0 saturated carbocycles. The van der Waals surface area contributed by atoms with Crippen LogP contribution in [-0.2, 0) is 9.53 Å². The highest BCUT2D eigenvalue weighted by molar-refractivity contribution is 5.78. The van der Waals surface area contributed by atoms with Crippen LogP contribution in [0.4, 0.5) is 0 Å². The molecule has 1 aromatic rings. The predicted octanol–water partition coefficient (Wildman–Crippen LogP) is 0.328. The zero-order valence-electron chi connectivity index (χ0n) is 11.5. The van der Waals surface area contributed by atoms with Crippen LogP contribution in [-0.4, -0.2) is 65.6 Å². The van der Waals surface area contributed by atoms with E-state index >= 15 is 0 Å². The van der Waals surface area contributed by atoms with Crippen molar-refractivity contribution < 1.29 is 9.53 Å². The lowest BCUT2D eigenvalue weighted by Crippen LogP contribution is -2.45. The number of aromatic nitrogens is 2. The first kappa shape index (κ1) is 13.9. The molecule has 1 aliphatic heterocycles. The largest absolute Gasteiger partial charge is 0.378 e. The molecular weight excluding hydrogens is 244 g/mol. The second-order valence-corrected chi connectivity index (χ2v) is 4.72. The van der Waals surface area contributed by atoms with Gasteiger partial charge in [0.25, 0.3) is 0 Å². The first-order valence-corrected chi connectivity index (χ1v) is 6.50. The van der Waals surface area contributed by atoms with Crippen molar-refractivity contribution in [2.45, 2.75) is 13.0 Å². The summed E-state index contributed by atoms with van der Waals surface area (Å²) in [5.41, 5.74) is 0.923. The van der Waals surface area contributed by atoms with E-state index < -0.39 is 0 Å². The van der Waals surface area contributed by atoms with Gasteiger partial charge in [-0.15, -0.1) is 0 Å². The van der Waals surface area contributed by atoms with Crippen molar-refractivity contribution in [2.24, 2.45) is 0 Å². The molecule has 0 spiro atoms. The number of carbonyl (C=O) groups excluding carboxylic acids is 1. The Kier molecular flexibility index (Phi) is 4.81. The molecule has 104 valence electrons. The Hall–Kier alpha value is -1.53. The van der Waals surface area contributed by atoms with Crippen LogP contribution in [0.2, 0.25) is 0 Å². The van der Waals surface area contributed by atoms with Crippen molar-refractivity contribution in [2.75, 3.05) is 39.9 Å². The molecule has 2 rings (SSSR count). The molecule has 6 heteroatoms. The maximum absolute atomic E-state index is 12.1. The van der Waals surface area contributed by atoms with Crippen molar-refractivity contribution in [3.8, 4) is 0 Å². The van der Waals surface area contributed by atoms with E-state index in [0.717, 1.165) is 5.69 Å². The fraction of sp³-hybridized carbons (Fsp3) is 0.615. The minimum Gasteiger partial charge on any atom is -0.378 e. The molecule has 0 N–H and O–H groups in total. The highest BCUT2D eigenvalue weighted by Crippen LogP contribution is 2.15. The van der Waals surface area contributed by atoms with Gasteiger partial charge in [0.15, 0.2) is 0 Å². The van der Waals surface area contributed by atoms with Crippen LogP contribution in [0.3, 0.4) is 0 Å². The van der Waals surface area contributed by atoms with Gasteiger partial charge >= 0.3 is 0 Å². The summed E-state index contributed by atoms with van der Waals surface area (Å²) >= 11 is 0. The van der Waals surface area contributed by atoms with Gasteiger partial charge in [0.1, 0.15) is 6.33 Å². The number of nitrogens with zero attached hydrogens (tertiary/aromatic N) is 4. The number of rotatable bonds is 4. The molecule has 1 aromatic heterocycles. The van der Waals surface area contributed by atoms with Gasteiger partial charge in [0.2, 0.25) is 5.91 Å². The van der Waals surface area contributed by atoms with Gasteiger partial charge in [-0.2, -0.15) is 0 Å². The average Bonchev–Trinajstić information content (AvgIpc) is 2.48. The van der Waals surface area contributed by atoms with Crippen molar-refractivity contribution >= 4 is 5.91 Å². The summed E-state index contributed by atoms with van der Waals surface area (Å²) in [5, 5.41) is 0. The van der Waals surface area contributed by atoms with Gasteiger partial charge in [0.05, 0.1) is 25.5 Å². The Labute approximate surface area is 113 Å². The molecule has 1 atom stereocenters. The number of ether oxygens (including phenoxy) is 1. The fourth-order valence-electron chi connectivity index (χ4n) is 2.04. The number of likely N-dealkylation sites (N-methyl/N-ethyl adjacent to an activating group) is 1. The van der Waals surface area contributed by atoms with E-state index in [2.05, 4.69) is 9.97 Å². The highest BCUT2D eigenvalue weighted by Gasteiger charge is 2.21. The zero-order valence-corrected chi connectivity index (χ0v) is 11.5. The second-order valence-electron chi connectivity index (χ2n) is 4.72. The number of amides is 1. The van der Waals surface area contributed by atoms with Crippen LogP contribution in [0.25, 0.3) is 0 Å². The molecule has 6 nitrogen and oxygen atoms in total. The van der Waals surface area contributed by atoms with Crippen LogP contribution in [0.5, 0.6) is 0 Å². The van der Waals surface area contributed by atoms with E-state index in [1.54, 1.807) is 6.20 Å². The monoisotopic (exact) mass is 264 g/mol. The Bertz CT molecular complexity index is 406. The first-order valence-electron chi connectivity index (χ1n) is 6.50. The third kappa shape index (κ3) is 3.71. The smallest absolute Gasteiger partial charge is 0.236 e. The summed E-state index contributed by atoms with van der Waals surface area (Å²) in [6.45, 7) is 5.08. The predicted molar refractivity (Wildman–Crippen MR) is 70.5 cm³/mol. The molecule has 2 heterocycles. The minimum absolute atomic E-state index is 0.0907. The standard InChI is InChI=1S/C13H20N4O2/c1-11(12-3-4-14-10-15-12)16(2)9-13(18)17-5-7-19-8-6-17/h3-4,10-11H,5-9H2,1-2H3/t11-/m0/s1. The molecule has 0 radical (unpaired) electrons. The van der Waals surface area contributed by atoms with Crippen LogP contribution in [0.15, 0.2) is 18.6 Å². The fourth-order valence-corrected chi connectivity index (χ4v) is 2.04. The third-order valence-corrected chi connectivity index (χ3v) is 3.44. The van der Waals surface area contributed by atoms with Gasteiger partial charge in [0, 0.05) is 25.3 Å². The second kappa shape index (κ2) is 6.58. The molecule has 1 fully saturated rings. The lowest BCUT2D eigenvalue weighted by atomic mass is 10.2. The summed E-state index contributed by atoms with van der Waals surface area (Å²) in [5.74, 6) is 0.145. The third-order valence-electron chi connectivity index (χ3n) is 3.44. The molecule has 1 saturated heterocycles. The Morgan fingerprint density at radius 3 is 2.89 bits per heavy atom. The zero-order chi connectivity index (χ0) is 13.7. The van der Waals surface area contributed by atoms with Gasteiger partial charge in [-0.25, -0.2) is 9.97 Å². The Balaban J connectivity index is 1.89. The summed E-state index contributed by atoms with van der Waals surface area (Å²) in [7, 11) is 1.94. The Morgan fingerprint density at radius 2 is 2.26 bits per heavy atom. The molecule has 19 heavy (non-hydrogen) atoms. The molecule has 0 aliphatic carbocycles. The summed E-state index contributed by atoms with van der Waals surface area (Å²) < 4.78 is 5.25. The average molecular weight is 264 g/mol. The number of morpholine rings is 1. The van der Waals surface area contributed by atoms with E-state index in [0.29, 0.717) is 32.8 Å².